The number of nitrogens with one attached hydrogen (secondary N) is 2. The Balaban J connectivity index is 2.42. The van der Waals surface area contributed by atoms with Gasteiger partial charge in [-0.3, -0.25) is 4.79 Å². The maximum Gasteiger partial charge on any atom is 0.169 e. The molecule has 3 nitrogen and oxygen atoms in total. The molecule has 0 aromatic carbocycles. The van der Waals surface area contributed by atoms with E-state index >= 15 is 0 Å². The van der Waals surface area contributed by atoms with Crippen molar-refractivity contribution >= 4 is 5.78 Å². The topological polar surface area (TPSA) is 41.1 Å². The molecule has 0 aromatic heterocycles. The lowest BCUT2D eigenvalue weighted by molar-refractivity contribution is -0.134. The third-order valence-electron chi connectivity index (χ3n) is 4.40. The molecule has 0 spiro atoms. The highest BCUT2D eigenvalue weighted by Gasteiger charge is 2.58. The van der Waals surface area contributed by atoms with Crippen LogP contribution >= 0.6 is 0 Å². The monoisotopic (exact) mass is 210 g/mol. The summed E-state index contributed by atoms with van der Waals surface area (Å²) in [5, 5.41) is 6.77. The highest BCUT2D eigenvalue weighted by Crippen LogP contribution is 2.45. The number of carbonyl (C=O) groups is 1. The smallest absolute Gasteiger partial charge is 0.169 e. The van der Waals surface area contributed by atoms with Crippen LogP contribution in [0.2, 0.25) is 0 Å². The van der Waals surface area contributed by atoms with Crippen LogP contribution in [0.15, 0.2) is 0 Å². The van der Waals surface area contributed by atoms with Gasteiger partial charge in [-0.2, -0.15) is 0 Å². The van der Waals surface area contributed by atoms with Crippen molar-refractivity contribution in [2.24, 2.45) is 5.92 Å². The summed E-state index contributed by atoms with van der Waals surface area (Å²) in [7, 11) is 1.93. The van der Waals surface area contributed by atoms with Gasteiger partial charge in [0.2, 0.25) is 0 Å². The number of fused-ring (bicyclic) bond motifs is 1. The molecule has 3 atom stereocenters. The Bertz CT molecular complexity index is 287. The van der Waals surface area contributed by atoms with Crippen LogP contribution in [-0.4, -0.2) is 30.0 Å². The Labute approximate surface area is 92.0 Å². The zero-order valence-electron chi connectivity index (χ0n) is 10.2. The predicted molar refractivity (Wildman–Crippen MR) is 60.8 cm³/mol. The van der Waals surface area contributed by atoms with Gasteiger partial charge >= 0.3 is 0 Å². The second-order valence-corrected chi connectivity index (χ2v) is 5.62. The van der Waals surface area contributed by atoms with E-state index in [0.29, 0.717) is 11.7 Å². The Morgan fingerprint density at radius 3 is 2.73 bits per heavy atom. The Morgan fingerprint density at radius 1 is 1.47 bits per heavy atom. The molecule has 0 radical (unpaired) electrons. The molecule has 2 N–H and O–H groups in total. The molecular formula is C12H22N2O. The largest absolute Gasteiger partial charge is 0.308 e. The van der Waals surface area contributed by atoms with Gasteiger partial charge in [0.15, 0.2) is 5.78 Å². The first-order valence-electron chi connectivity index (χ1n) is 5.95. The second-order valence-electron chi connectivity index (χ2n) is 5.62. The van der Waals surface area contributed by atoms with Crippen molar-refractivity contribution in [3.05, 3.63) is 0 Å². The first-order valence-corrected chi connectivity index (χ1v) is 5.95. The molecule has 1 heterocycles. The van der Waals surface area contributed by atoms with Crippen molar-refractivity contribution in [1.82, 2.24) is 10.6 Å². The quantitative estimate of drug-likeness (QED) is 0.680. The molecule has 1 aliphatic heterocycles. The van der Waals surface area contributed by atoms with E-state index < -0.39 is 0 Å². The molecule has 3 heteroatoms. The summed E-state index contributed by atoms with van der Waals surface area (Å²) in [4.78, 5) is 12.3. The zero-order valence-corrected chi connectivity index (χ0v) is 10.2. The van der Waals surface area contributed by atoms with Crippen LogP contribution < -0.4 is 10.6 Å². The number of Topliss-reactive ketones (excluding diaryl/α,β-unsaturated/α-hetero) is 1. The van der Waals surface area contributed by atoms with Gasteiger partial charge in [0.05, 0.1) is 11.6 Å². The number of hydrogen-bond acceptors (Lipinski definition) is 3. The summed E-state index contributed by atoms with van der Waals surface area (Å²) in [6.45, 7) is 6.42. The number of ketones is 1. The summed E-state index contributed by atoms with van der Waals surface area (Å²) >= 11 is 0. The maximum atomic E-state index is 12.3. The van der Waals surface area contributed by atoms with Crippen molar-refractivity contribution in [2.75, 3.05) is 7.05 Å². The maximum absolute atomic E-state index is 12.3. The minimum absolute atomic E-state index is 0.0261. The summed E-state index contributed by atoms with van der Waals surface area (Å²) in [5.74, 6) is 0.783. The summed E-state index contributed by atoms with van der Waals surface area (Å²) in [6.07, 6.45) is 3.32. The van der Waals surface area contributed by atoms with E-state index in [-0.39, 0.29) is 17.1 Å². The lowest BCUT2D eigenvalue weighted by Gasteiger charge is -2.50. The molecule has 2 aliphatic rings. The van der Waals surface area contributed by atoms with Crippen molar-refractivity contribution < 1.29 is 4.79 Å². The third-order valence-corrected chi connectivity index (χ3v) is 4.40. The normalized spacial score (nSPS) is 44.1. The van der Waals surface area contributed by atoms with Crippen molar-refractivity contribution in [3.63, 3.8) is 0 Å². The standard InChI is InChI=1S/C12H22N2O/c1-8-10(15)12(13-4)7-5-6-9(12)11(2,3)14-8/h8-9,13-14H,5-7H2,1-4H3/t8-,9?,12?/m1/s1. The van der Waals surface area contributed by atoms with Crippen LogP contribution in [0.25, 0.3) is 0 Å². The highest BCUT2D eigenvalue weighted by atomic mass is 16.1. The summed E-state index contributed by atoms with van der Waals surface area (Å²) in [6, 6.07) is -0.0261. The minimum Gasteiger partial charge on any atom is -0.308 e. The van der Waals surface area contributed by atoms with Crippen LogP contribution in [0.1, 0.15) is 40.0 Å². The summed E-state index contributed by atoms with van der Waals surface area (Å²) < 4.78 is 0. The van der Waals surface area contributed by atoms with Gasteiger partial charge in [0, 0.05) is 11.5 Å². The molecule has 0 amide bonds. The molecule has 15 heavy (non-hydrogen) atoms. The van der Waals surface area contributed by atoms with E-state index in [1.807, 2.05) is 14.0 Å². The van der Waals surface area contributed by atoms with Crippen LogP contribution in [0.3, 0.4) is 0 Å². The van der Waals surface area contributed by atoms with Crippen LogP contribution in [0.5, 0.6) is 0 Å². The van der Waals surface area contributed by atoms with Crippen LogP contribution in [-0.2, 0) is 4.79 Å². The SMILES string of the molecule is CNC12CCCC1C(C)(C)N[C@H](C)C2=O. The van der Waals surface area contributed by atoms with Crippen molar-refractivity contribution in [2.45, 2.75) is 57.2 Å². The lowest BCUT2D eigenvalue weighted by atomic mass is 9.67. The van der Waals surface area contributed by atoms with Gasteiger partial charge < -0.3 is 10.6 Å². The number of carbonyl (C=O) groups excluding carboxylic acids is 1. The van der Waals surface area contributed by atoms with Crippen molar-refractivity contribution in [3.8, 4) is 0 Å². The number of rotatable bonds is 1. The van der Waals surface area contributed by atoms with E-state index in [4.69, 9.17) is 0 Å². The van der Waals surface area contributed by atoms with E-state index in [9.17, 15) is 4.79 Å². The van der Waals surface area contributed by atoms with E-state index in [1.165, 1.54) is 0 Å². The molecule has 1 saturated carbocycles. The average Bonchev–Trinajstić information content (AvgIpc) is 2.60. The lowest BCUT2D eigenvalue weighted by Crippen LogP contribution is -2.72. The molecule has 1 saturated heterocycles. The molecule has 2 fully saturated rings. The van der Waals surface area contributed by atoms with Gasteiger partial charge in [0.25, 0.3) is 0 Å². The number of piperidine rings is 1. The van der Waals surface area contributed by atoms with E-state index in [0.717, 1.165) is 19.3 Å². The highest BCUT2D eigenvalue weighted by molar-refractivity contribution is 5.94. The molecule has 86 valence electrons. The molecule has 1 aliphatic carbocycles. The molecular weight excluding hydrogens is 188 g/mol. The van der Waals surface area contributed by atoms with Crippen molar-refractivity contribution in [1.29, 1.82) is 0 Å². The zero-order chi connectivity index (χ0) is 11.3. The molecule has 2 rings (SSSR count). The Kier molecular flexibility index (Phi) is 2.43. The molecule has 0 aromatic rings. The summed E-state index contributed by atoms with van der Waals surface area (Å²) in [5.41, 5.74) is -0.193. The van der Waals surface area contributed by atoms with Crippen LogP contribution in [0, 0.1) is 5.92 Å². The van der Waals surface area contributed by atoms with Gasteiger partial charge in [-0.05, 0) is 40.7 Å². The fraction of sp³-hybridized carbons (Fsp3) is 0.917. The fourth-order valence-electron chi connectivity index (χ4n) is 3.81. The van der Waals surface area contributed by atoms with Crippen LogP contribution in [0.4, 0.5) is 0 Å². The first-order chi connectivity index (χ1) is 6.94. The van der Waals surface area contributed by atoms with Gasteiger partial charge in [-0.1, -0.05) is 6.42 Å². The number of likely N-dealkylation sites (N-methyl/N-ethyl adjacent to an activating group) is 1. The van der Waals surface area contributed by atoms with Gasteiger partial charge in [-0.15, -0.1) is 0 Å². The van der Waals surface area contributed by atoms with E-state index in [1.54, 1.807) is 0 Å². The number of hydrogen-bond donors (Lipinski definition) is 2. The fourth-order valence-corrected chi connectivity index (χ4v) is 3.81. The first kappa shape index (κ1) is 11.1. The predicted octanol–water partition coefficient (Wildman–Crippen LogP) is 1.08. The Morgan fingerprint density at radius 2 is 2.13 bits per heavy atom. The average molecular weight is 210 g/mol. The Hall–Kier alpha value is -0.410. The second kappa shape index (κ2) is 3.29. The van der Waals surface area contributed by atoms with Gasteiger partial charge in [-0.25, -0.2) is 0 Å². The minimum atomic E-state index is -0.256. The van der Waals surface area contributed by atoms with E-state index in [2.05, 4.69) is 24.5 Å². The van der Waals surface area contributed by atoms with Gasteiger partial charge in [0.1, 0.15) is 0 Å². The third kappa shape index (κ3) is 1.36. The molecule has 2 unspecified atom stereocenters. The molecule has 0 bridgehead atoms.